The van der Waals surface area contributed by atoms with E-state index in [0.29, 0.717) is 0 Å². The molecular formula is C61H41NO2. The van der Waals surface area contributed by atoms with Crippen LogP contribution in [0, 0.1) is 0 Å². The SMILES string of the molecule is CC1(C)c2ccccc2-c2c(-c3cccc(N(c4ccc5c(c4)oc4ccccc45)c4cccc(-c5cccc6c5oc5ccccc56)c4-c4cccc5ccccc45)c3)cccc21. The molecule has 3 heteroatoms. The van der Waals surface area contributed by atoms with Crippen LogP contribution >= 0.6 is 0 Å². The lowest BCUT2D eigenvalue weighted by molar-refractivity contribution is 0.660. The van der Waals surface area contributed by atoms with Crippen LogP contribution in [0.25, 0.3) is 99.2 Å². The second-order valence-electron chi connectivity index (χ2n) is 17.6. The molecule has 64 heavy (non-hydrogen) atoms. The highest BCUT2D eigenvalue weighted by Crippen LogP contribution is 2.54. The number of benzene rings is 10. The molecule has 302 valence electrons. The Kier molecular flexibility index (Phi) is 7.95. The predicted octanol–water partition coefficient (Wildman–Crippen LogP) is 17.4. The predicted molar refractivity (Wildman–Crippen MR) is 267 cm³/mol. The molecule has 1 aliphatic rings. The van der Waals surface area contributed by atoms with E-state index in [1.54, 1.807) is 0 Å². The average Bonchev–Trinajstić information content (AvgIpc) is 3.99. The lowest BCUT2D eigenvalue weighted by Gasteiger charge is -2.30. The minimum absolute atomic E-state index is 0.107. The Labute approximate surface area is 371 Å². The number of nitrogens with zero attached hydrogens (tertiary/aromatic N) is 1. The molecule has 3 nitrogen and oxygen atoms in total. The molecule has 0 saturated heterocycles. The Hall–Kier alpha value is -8.14. The number of hydrogen-bond acceptors (Lipinski definition) is 3. The van der Waals surface area contributed by atoms with Gasteiger partial charge in [0.1, 0.15) is 22.3 Å². The zero-order valence-electron chi connectivity index (χ0n) is 35.5. The van der Waals surface area contributed by atoms with Crippen LogP contribution in [0.3, 0.4) is 0 Å². The van der Waals surface area contributed by atoms with Gasteiger partial charge in [0, 0.05) is 55.5 Å². The Morgan fingerprint density at radius 3 is 1.83 bits per heavy atom. The van der Waals surface area contributed by atoms with Gasteiger partial charge < -0.3 is 13.7 Å². The van der Waals surface area contributed by atoms with Crippen molar-refractivity contribution in [1.82, 2.24) is 0 Å². The maximum absolute atomic E-state index is 6.78. The van der Waals surface area contributed by atoms with E-state index in [9.17, 15) is 0 Å². The van der Waals surface area contributed by atoms with E-state index in [2.05, 4.69) is 219 Å². The van der Waals surface area contributed by atoms with E-state index >= 15 is 0 Å². The van der Waals surface area contributed by atoms with E-state index in [0.717, 1.165) is 88.8 Å². The normalized spacial score (nSPS) is 13.0. The molecule has 0 radical (unpaired) electrons. The zero-order chi connectivity index (χ0) is 42.5. The largest absolute Gasteiger partial charge is 0.456 e. The van der Waals surface area contributed by atoms with Gasteiger partial charge in [-0.15, -0.1) is 0 Å². The first-order valence-corrected chi connectivity index (χ1v) is 22.1. The van der Waals surface area contributed by atoms with Gasteiger partial charge in [-0.1, -0.05) is 178 Å². The van der Waals surface area contributed by atoms with Crippen LogP contribution in [0.5, 0.6) is 0 Å². The van der Waals surface area contributed by atoms with Gasteiger partial charge in [0.05, 0.1) is 5.69 Å². The van der Waals surface area contributed by atoms with Gasteiger partial charge in [-0.25, -0.2) is 0 Å². The van der Waals surface area contributed by atoms with E-state index in [4.69, 9.17) is 8.83 Å². The first-order chi connectivity index (χ1) is 31.5. The molecule has 0 N–H and O–H groups in total. The van der Waals surface area contributed by atoms with Crippen LogP contribution in [0.4, 0.5) is 17.1 Å². The second-order valence-corrected chi connectivity index (χ2v) is 17.6. The highest BCUT2D eigenvalue weighted by atomic mass is 16.3. The van der Waals surface area contributed by atoms with Crippen LogP contribution in [-0.2, 0) is 5.41 Å². The van der Waals surface area contributed by atoms with Crippen molar-refractivity contribution >= 4 is 71.7 Å². The summed E-state index contributed by atoms with van der Waals surface area (Å²) in [6, 6.07) is 76.7. The van der Waals surface area contributed by atoms with Crippen LogP contribution in [0.1, 0.15) is 25.0 Å². The molecule has 0 atom stereocenters. The summed E-state index contributed by atoms with van der Waals surface area (Å²) in [5.74, 6) is 0. The van der Waals surface area contributed by atoms with Gasteiger partial charge in [0.25, 0.3) is 0 Å². The summed E-state index contributed by atoms with van der Waals surface area (Å²) < 4.78 is 13.4. The quantitative estimate of drug-likeness (QED) is 0.167. The first kappa shape index (κ1) is 36.5. The van der Waals surface area contributed by atoms with Gasteiger partial charge in [-0.05, 0) is 97.7 Å². The maximum Gasteiger partial charge on any atom is 0.143 e. The van der Waals surface area contributed by atoms with Gasteiger partial charge in [-0.2, -0.15) is 0 Å². The van der Waals surface area contributed by atoms with Crippen molar-refractivity contribution in [3.05, 3.63) is 223 Å². The number of hydrogen-bond donors (Lipinski definition) is 0. The number of fused-ring (bicyclic) bond motifs is 10. The molecule has 0 spiro atoms. The highest BCUT2D eigenvalue weighted by molar-refractivity contribution is 6.14. The summed E-state index contributed by atoms with van der Waals surface area (Å²) in [6.45, 7) is 4.70. The Morgan fingerprint density at radius 2 is 0.938 bits per heavy atom. The molecule has 0 fully saturated rings. The lowest BCUT2D eigenvalue weighted by atomic mass is 9.82. The lowest BCUT2D eigenvalue weighted by Crippen LogP contribution is -2.14. The molecule has 0 aliphatic heterocycles. The summed E-state index contributed by atoms with van der Waals surface area (Å²) in [7, 11) is 0. The molecular weight excluding hydrogens is 779 g/mol. The Morgan fingerprint density at radius 1 is 0.359 bits per heavy atom. The Balaban J connectivity index is 1.11. The summed E-state index contributed by atoms with van der Waals surface area (Å²) >= 11 is 0. The second kappa shape index (κ2) is 13.9. The van der Waals surface area contributed by atoms with Gasteiger partial charge in [-0.3, -0.25) is 0 Å². The van der Waals surface area contributed by atoms with Crippen molar-refractivity contribution in [2.45, 2.75) is 19.3 Å². The molecule has 13 rings (SSSR count). The van der Waals surface area contributed by atoms with E-state index in [1.807, 2.05) is 12.1 Å². The van der Waals surface area contributed by atoms with Crippen LogP contribution < -0.4 is 4.90 Å². The number of para-hydroxylation sites is 3. The van der Waals surface area contributed by atoms with E-state index in [1.165, 1.54) is 38.6 Å². The third-order valence-electron chi connectivity index (χ3n) is 13.7. The average molecular weight is 820 g/mol. The number of furan rings is 2. The smallest absolute Gasteiger partial charge is 0.143 e. The molecule has 0 amide bonds. The monoisotopic (exact) mass is 819 g/mol. The standard InChI is InChI=1S/C61H41NO2/c1-61(2)52-29-8-5-23-51(52)58-43(24-14-30-53(58)61)39-18-11-19-40(36-39)62(41-34-35-46-44-21-6-9-32-55(44)63-57(46)37-41)54-31-15-26-48(59(54)47-25-12-17-38-16-3-4-20-42(38)47)50-28-13-27-49-45-22-7-10-33-56(45)64-60(49)50/h3-37H,1-2H3. The van der Waals surface area contributed by atoms with Crippen LogP contribution in [0.2, 0.25) is 0 Å². The zero-order valence-corrected chi connectivity index (χ0v) is 35.5. The Bertz CT molecular complexity index is 3840. The van der Waals surface area contributed by atoms with E-state index in [-0.39, 0.29) is 5.41 Å². The summed E-state index contributed by atoms with van der Waals surface area (Å²) in [4.78, 5) is 2.43. The molecule has 10 aromatic carbocycles. The molecule has 1 aliphatic carbocycles. The van der Waals surface area contributed by atoms with Crippen molar-refractivity contribution in [1.29, 1.82) is 0 Å². The topological polar surface area (TPSA) is 29.5 Å². The van der Waals surface area contributed by atoms with E-state index < -0.39 is 0 Å². The molecule has 0 bridgehead atoms. The van der Waals surface area contributed by atoms with Crippen molar-refractivity contribution < 1.29 is 8.83 Å². The maximum atomic E-state index is 6.78. The minimum Gasteiger partial charge on any atom is -0.456 e. The van der Waals surface area contributed by atoms with Crippen molar-refractivity contribution in [2.75, 3.05) is 4.90 Å². The molecule has 12 aromatic rings. The van der Waals surface area contributed by atoms with Crippen molar-refractivity contribution in [3.8, 4) is 44.5 Å². The number of rotatable bonds is 6. The molecule has 2 heterocycles. The fourth-order valence-corrected chi connectivity index (χ4v) is 10.7. The van der Waals surface area contributed by atoms with Gasteiger partial charge in [0.2, 0.25) is 0 Å². The third-order valence-corrected chi connectivity index (χ3v) is 13.7. The summed E-state index contributed by atoms with van der Waals surface area (Å²) in [6.07, 6.45) is 0. The number of anilines is 3. The molecule has 0 unspecified atom stereocenters. The van der Waals surface area contributed by atoms with Crippen molar-refractivity contribution in [3.63, 3.8) is 0 Å². The minimum atomic E-state index is -0.107. The summed E-state index contributed by atoms with van der Waals surface area (Å²) in [5.41, 5.74) is 18.5. The van der Waals surface area contributed by atoms with Gasteiger partial charge in [0.15, 0.2) is 0 Å². The van der Waals surface area contributed by atoms with Gasteiger partial charge >= 0.3 is 0 Å². The molecule has 2 aromatic heterocycles. The fraction of sp³-hybridized carbons (Fsp3) is 0.0492. The first-order valence-electron chi connectivity index (χ1n) is 22.1. The van der Waals surface area contributed by atoms with Crippen LogP contribution in [-0.4, -0.2) is 0 Å². The van der Waals surface area contributed by atoms with Crippen LogP contribution in [0.15, 0.2) is 221 Å². The third kappa shape index (κ3) is 5.41. The fourth-order valence-electron chi connectivity index (χ4n) is 10.7. The van der Waals surface area contributed by atoms with Crippen molar-refractivity contribution in [2.24, 2.45) is 0 Å². The molecule has 0 saturated carbocycles. The highest BCUT2D eigenvalue weighted by Gasteiger charge is 2.36. The summed E-state index contributed by atoms with van der Waals surface area (Å²) in [5, 5.41) is 6.77.